The summed E-state index contributed by atoms with van der Waals surface area (Å²) in [6.07, 6.45) is 1.10. The molecule has 3 nitrogen and oxygen atoms in total. The molecule has 0 amide bonds. The van der Waals surface area contributed by atoms with Crippen LogP contribution in [0.2, 0.25) is 0 Å². The molecule has 0 bridgehead atoms. The fraction of sp³-hybridized carbons (Fsp3) is 0.364. The van der Waals surface area contributed by atoms with E-state index in [2.05, 4.69) is 39.5 Å². The van der Waals surface area contributed by atoms with Gasteiger partial charge in [-0.2, -0.15) is 5.10 Å². The molecule has 2 aromatic heterocycles. The summed E-state index contributed by atoms with van der Waals surface area (Å²) in [5.74, 6) is 0. The van der Waals surface area contributed by atoms with Gasteiger partial charge in [0.2, 0.25) is 0 Å². The van der Waals surface area contributed by atoms with Crippen molar-refractivity contribution in [2.45, 2.75) is 19.9 Å². The molecule has 0 fully saturated rings. The Bertz CT molecular complexity index is 470. The van der Waals surface area contributed by atoms with Crippen molar-refractivity contribution in [2.75, 3.05) is 6.54 Å². The van der Waals surface area contributed by atoms with Crippen LogP contribution in [0.25, 0.3) is 5.00 Å². The van der Waals surface area contributed by atoms with E-state index in [1.807, 2.05) is 0 Å². The standard InChI is InChI=1S/C11H13N3S/c1-8-9-4-5-12-7-10(9)13-14(8)11-3-2-6-15-11/h2-3,6,12H,4-5,7H2,1H3. The van der Waals surface area contributed by atoms with Crippen LogP contribution in [0.3, 0.4) is 0 Å². The van der Waals surface area contributed by atoms with Gasteiger partial charge in [-0.25, -0.2) is 4.68 Å². The second-order valence-corrected chi connectivity index (χ2v) is 4.73. The number of hydrogen-bond acceptors (Lipinski definition) is 3. The highest BCUT2D eigenvalue weighted by molar-refractivity contribution is 7.12. The van der Waals surface area contributed by atoms with E-state index in [-0.39, 0.29) is 0 Å². The van der Waals surface area contributed by atoms with E-state index in [9.17, 15) is 0 Å². The normalized spacial score (nSPS) is 15.3. The van der Waals surface area contributed by atoms with Crippen molar-refractivity contribution in [1.29, 1.82) is 0 Å². The van der Waals surface area contributed by atoms with Crippen LogP contribution in [0.4, 0.5) is 0 Å². The van der Waals surface area contributed by atoms with Crippen molar-refractivity contribution in [2.24, 2.45) is 0 Å². The highest BCUT2D eigenvalue weighted by atomic mass is 32.1. The Balaban J connectivity index is 2.13. The SMILES string of the molecule is Cc1c2c(nn1-c1cccs1)CNCC2. The van der Waals surface area contributed by atoms with Crippen molar-refractivity contribution in [3.63, 3.8) is 0 Å². The average Bonchev–Trinajstić information content (AvgIpc) is 2.87. The molecule has 4 heteroatoms. The zero-order chi connectivity index (χ0) is 10.3. The molecular weight excluding hydrogens is 206 g/mol. The van der Waals surface area contributed by atoms with Crippen LogP contribution in [-0.2, 0) is 13.0 Å². The summed E-state index contributed by atoms with van der Waals surface area (Å²) in [5, 5.41) is 11.3. The van der Waals surface area contributed by atoms with E-state index in [0.717, 1.165) is 19.5 Å². The summed E-state index contributed by atoms with van der Waals surface area (Å²) in [6, 6.07) is 4.18. The Morgan fingerprint density at radius 2 is 2.47 bits per heavy atom. The molecular formula is C11H13N3S. The van der Waals surface area contributed by atoms with Crippen molar-refractivity contribution >= 4 is 11.3 Å². The van der Waals surface area contributed by atoms with Crippen molar-refractivity contribution in [3.8, 4) is 5.00 Å². The number of aromatic nitrogens is 2. The third-order valence-electron chi connectivity index (χ3n) is 2.88. The number of nitrogens with one attached hydrogen (secondary N) is 1. The number of hydrogen-bond donors (Lipinski definition) is 1. The van der Waals surface area contributed by atoms with Gasteiger partial charge in [-0.15, -0.1) is 11.3 Å². The first-order chi connectivity index (χ1) is 7.36. The van der Waals surface area contributed by atoms with E-state index in [4.69, 9.17) is 0 Å². The molecule has 1 aliphatic heterocycles. The molecule has 0 aromatic carbocycles. The minimum Gasteiger partial charge on any atom is -0.311 e. The molecule has 3 heterocycles. The zero-order valence-corrected chi connectivity index (χ0v) is 9.47. The van der Waals surface area contributed by atoms with Gasteiger partial charge in [-0.3, -0.25) is 0 Å². The number of nitrogens with zero attached hydrogens (tertiary/aromatic N) is 2. The lowest BCUT2D eigenvalue weighted by Crippen LogP contribution is -2.23. The first-order valence-corrected chi connectivity index (χ1v) is 6.06. The van der Waals surface area contributed by atoms with E-state index in [1.54, 1.807) is 11.3 Å². The third kappa shape index (κ3) is 1.41. The maximum Gasteiger partial charge on any atom is 0.117 e. The van der Waals surface area contributed by atoms with Gasteiger partial charge in [0, 0.05) is 12.2 Å². The molecule has 78 valence electrons. The molecule has 0 radical (unpaired) electrons. The van der Waals surface area contributed by atoms with Gasteiger partial charge in [0.1, 0.15) is 5.00 Å². The first-order valence-electron chi connectivity index (χ1n) is 5.18. The topological polar surface area (TPSA) is 29.9 Å². The lowest BCUT2D eigenvalue weighted by molar-refractivity contribution is 0.629. The molecule has 0 unspecified atom stereocenters. The summed E-state index contributed by atoms with van der Waals surface area (Å²) in [6.45, 7) is 4.15. The molecule has 0 atom stereocenters. The van der Waals surface area contributed by atoms with Gasteiger partial charge in [-0.1, -0.05) is 0 Å². The van der Waals surface area contributed by atoms with Gasteiger partial charge in [0.25, 0.3) is 0 Å². The van der Waals surface area contributed by atoms with Gasteiger partial charge in [0.15, 0.2) is 0 Å². The summed E-state index contributed by atoms with van der Waals surface area (Å²) in [7, 11) is 0. The number of fused-ring (bicyclic) bond motifs is 1. The molecule has 0 saturated heterocycles. The van der Waals surface area contributed by atoms with Crippen LogP contribution < -0.4 is 5.32 Å². The summed E-state index contributed by atoms with van der Waals surface area (Å²) in [4.78, 5) is 0. The molecule has 3 rings (SSSR count). The highest BCUT2D eigenvalue weighted by Gasteiger charge is 2.18. The van der Waals surface area contributed by atoms with E-state index >= 15 is 0 Å². The molecule has 1 N–H and O–H groups in total. The van der Waals surface area contributed by atoms with Gasteiger partial charge >= 0.3 is 0 Å². The second-order valence-electron chi connectivity index (χ2n) is 3.80. The first kappa shape index (κ1) is 9.12. The average molecular weight is 219 g/mol. The van der Waals surface area contributed by atoms with Crippen LogP contribution in [0.1, 0.15) is 17.0 Å². The smallest absolute Gasteiger partial charge is 0.117 e. The molecule has 0 spiro atoms. The molecule has 0 saturated carbocycles. The lowest BCUT2D eigenvalue weighted by atomic mass is 10.1. The van der Waals surface area contributed by atoms with Crippen molar-refractivity contribution in [3.05, 3.63) is 34.5 Å². The fourth-order valence-electron chi connectivity index (χ4n) is 2.09. The Hall–Kier alpha value is -1.13. The third-order valence-corrected chi connectivity index (χ3v) is 3.73. The minimum atomic E-state index is 0.911. The van der Waals surface area contributed by atoms with Crippen LogP contribution in [0, 0.1) is 6.92 Å². The van der Waals surface area contributed by atoms with Gasteiger partial charge < -0.3 is 5.32 Å². The van der Waals surface area contributed by atoms with E-state index in [0.29, 0.717) is 0 Å². The molecule has 15 heavy (non-hydrogen) atoms. The quantitative estimate of drug-likeness (QED) is 0.793. The molecule has 1 aliphatic rings. The zero-order valence-electron chi connectivity index (χ0n) is 8.66. The molecule has 2 aromatic rings. The minimum absolute atomic E-state index is 0.911. The predicted octanol–water partition coefficient (Wildman–Crippen LogP) is 1.89. The summed E-state index contributed by atoms with van der Waals surface area (Å²) < 4.78 is 2.07. The maximum absolute atomic E-state index is 4.66. The van der Waals surface area contributed by atoms with Crippen molar-refractivity contribution < 1.29 is 0 Å². The number of thiophene rings is 1. The number of rotatable bonds is 1. The predicted molar refractivity (Wildman–Crippen MR) is 61.6 cm³/mol. The maximum atomic E-state index is 4.66. The van der Waals surface area contributed by atoms with Crippen LogP contribution in [-0.4, -0.2) is 16.3 Å². The van der Waals surface area contributed by atoms with Crippen LogP contribution >= 0.6 is 11.3 Å². The Kier molecular flexibility index (Phi) is 2.11. The largest absolute Gasteiger partial charge is 0.311 e. The molecule has 0 aliphatic carbocycles. The second kappa shape index (κ2) is 3.47. The summed E-state index contributed by atoms with van der Waals surface area (Å²) >= 11 is 1.73. The summed E-state index contributed by atoms with van der Waals surface area (Å²) in [5.41, 5.74) is 3.95. The monoisotopic (exact) mass is 219 g/mol. The highest BCUT2D eigenvalue weighted by Crippen LogP contribution is 2.23. The van der Waals surface area contributed by atoms with E-state index in [1.165, 1.54) is 22.0 Å². The van der Waals surface area contributed by atoms with Crippen LogP contribution in [0.15, 0.2) is 17.5 Å². The lowest BCUT2D eigenvalue weighted by Gasteiger charge is -2.10. The Morgan fingerprint density at radius 3 is 3.20 bits per heavy atom. The van der Waals surface area contributed by atoms with Gasteiger partial charge in [0.05, 0.1) is 5.69 Å². The van der Waals surface area contributed by atoms with Gasteiger partial charge in [-0.05, 0) is 43.0 Å². The Morgan fingerprint density at radius 1 is 1.53 bits per heavy atom. The van der Waals surface area contributed by atoms with Crippen LogP contribution in [0.5, 0.6) is 0 Å². The van der Waals surface area contributed by atoms with E-state index < -0.39 is 0 Å². The fourth-order valence-corrected chi connectivity index (χ4v) is 2.82. The van der Waals surface area contributed by atoms with Crippen molar-refractivity contribution in [1.82, 2.24) is 15.1 Å². The Labute approximate surface area is 92.7 Å².